The van der Waals surface area contributed by atoms with Crippen molar-refractivity contribution in [3.63, 3.8) is 0 Å². The highest BCUT2D eigenvalue weighted by Gasteiger charge is 2.33. The van der Waals surface area contributed by atoms with E-state index in [-0.39, 0.29) is 37.4 Å². The van der Waals surface area contributed by atoms with E-state index in [1.807, 2.05) is 48.5 Å². The zero-order valence-electron chi connectivity index (χ0n) is 52.8. The van der Waals surface area contributed by atoms with Gasteiger partial charge in [-0.1, -0.05) is 186 Å². The number of nitrogens with zero attached hydrogens (tertiary/aromatic N) is 8. The van der Waals surface area contributed by atoms with Crippen molar-refractivity contribution >= 4 is 28.4 Å². The van der Waals surface area contributed by atoms with Crippen molar-refractivity contribution in [2.45, 2.75) is 151 Å². The zero-order chi connectivity index (χ0) is 59.6. The minimum atomic E-state index is -0.138. The lowest BCUT2D eigenvalue weighted by atomic mass is 10.0. The zero-order valence-corrected chi connectivity index (χ0v) is 52.8. The predicted molar refractivity (Wildman–Crippen MR) is 350 cm³/mol. The third kappa shape index (κ3) is 18.1. The van der Waals surface area contributed by atoms with Gasteiger partial charge in [-0.15, -0.1) is 0 Å². The van der Waals surface area contributed by atoms with Gasteiger partial charge in [-0.25, -0.2) is 0 Å². The first kappa shape index (κ1) is 64.4. The van der Waals surface area contributed by atoms with Gasteiger partial charge in [0.1, 0.15) is 10.7 Å². The molecule has 10 heteroatoms. The number of hydrogen-bond donors (Lipinski definition) is 2. The van der Waals surface area contributed by atoms with Crippen LogP contribution in [-0.2, 0) is 19.3 Å². The first-order chi connectivity index (χ1) is 39.3. The lowest BCUT2D eigenvalue weighted by Crippen LogP contribution is -2.31. The maximum absolute atomic E-state index is 9.96. The van der Waals surface area contributed by atoms with Crippen molar-refractivity contribution in [1.82, 2.24) is 0 Å². The Morgan fingerprint density at radius 3 is 0.963 bits per heavy atom. The molecule has 0 radical (unpaired) electrons. The predicted octanol–water partition coefficient (Wildman–Crippen LogP) is 13.1. The van der Waals surface area contributed by atoms with Crippen LogP contribution >= 0.6 is 0 Å². The summed E-state index contributed by atoms with van der Waals surface area (Å²) in [6, 6.07) is 53.7. The van der Waals surface area contributed by atoms with Crippen LogP contribution in [0.5, 0.6) is 0 Å². The summed E-state index contributed by atoms with van der Waals surface area (Å²) in [6.07, 6.45) is 3.61. The third-order valence-corrected chi connectivity index (χ3v) is 16.0. The Balaban J connectivity index is 0.000000199. The topological polar surface area (TPSA) is 93.7 Å². The van der Waals surface area contributed by atoms with E-state index in [1.54, 1.807) is 0 Å². The van der Waals surface area contributed by atoms with E-state index in [9.17, 15) is 10.2 Å². The fourth-order valence-corrected chi connectivity index (χ4v) is 10.4. The highest BCUT2D eigenvalue weighted by Crippen LogP contribution is 2.39. The van der Waals surface area contributed by atoms with Crippen LogP contribution in [0.1, 0.15) is 128 Å². The van der Waals surface area contributed by atoms with Crippen LogP contribution < -0.4 is 40.6 Å². The molecule has 0 amide bonds. The van der Waals surface area contributed by atoms with Gasteiger partial charge >= 0.3 is 0 Å². The first-order valence-electron chi connectivity index (χ1n) is 30.3. The molecule has 0 bridgehead atoms. The van der Waals surface area contributed by atoms with E-state index in [4.69, 9.17) is 15.0 Å². The second kappa shape index (κ2) is 31.1. The van der Waals surface area contributed by atoms with Gasteiger partial charge in [0.2, 0.25) is 0 Å². The lowest BCUT2D eigenvalue weighted by molar-refractivity contribution is 0.264. The number of aliphatic hydroxyl groups excluding tert-OH is 2. The van der Waals surface area contributed by atoms with Gasteiger partial charge in [0.25, 0.3) is 0 Å². The van der Waals surface area contributed by atoms with Gasteiger partial charge in [-0.3, -0.25) is 15.0 Å². The minimum absolute atomic E-state index is 0.0439. The number of aliphatic hydroxyl groups is 2. The number of anilines is 5. The van der Waals surface area contributed by atoms with Gasteiger partial charge in [-0.2, -0.15) is 0 Å². The SMILES string of the molecule is CC(C)N(C)c1c(N(C)[C@@H](C)c2ccccc2)c1=N[C@H](CO)Cc1ccccc1.CC(C)N(C)c1c(N(C)[C@H](C)c2ccccc2)c1=N[C@H](CO)Cc1ccccc1.CC[C@H](Cc1ccccc1)N=c1c(C)c1N(CC(C)C)CC(C)C. The Kier molecular flexibility index (Phi) is 24.4. The van der Waals surface area contributed by atoms with E-state index in [1.165, 1.54) is 67.2 Å². The Bertz CT molecular complexity index is 2950. The summed E-state index contributed by atoms with van der Waals surface area (Å²) in [5, 5.41) is 23.2. The Hall–Kier alpha value is -6.75. The van der Waals surface area contributed by atoms with Crippen LogP contribution in [0, 0.1) is 18.8 Å². The van der Waals surface area contributed by atoms with Crippen LogP contribution in [0.3, 0.4) is 0 Å². The van der Waals surface area contributed by atoms with Crippen LogP contribution in [0.15, 0.2) is 167 Å². The van der Waals surface area contributed by atoms with E-state index < -0.39 is 0 Å². The second-order valence-electron chi connectivity index (χ2n) is 24.1. The molecular formula is C72H100N8O2. The van der Waals surface area contributed by atoms with Gasteiger partial charge < -0.3 is 34.7 Å². The summed E-state index contributed by atoms with van der Waals surface area (Å²) in [4.78, 5) is 26.8. The molecule has 0 aliphatic rings. The average Bonchev–Trinajstić information content (AvgIpc) is 4.55. The molecule has 0 heterocycles. The monoisotopic (exact) mass is 1110 g/mol. The third-order valence-electron chi connectivity index (χ3n) is 16.0. The molecule has 0 aliphatic carbocycles. The van der Waals surface area contributed by atoms with Crippen LogP contribution in [0.4, 0.5) is 28.4 Å². The molecule has 82 heavy (non-hydrogen) atoms. The molecule has 5 atom stereocenters. The quantitative estimate of drug-likeness (QED) is 0.0530. The Labute approximate surface area is 494 Å². The van der Waals surface area contributed by atoms with E-state index in [0.717, 1.165) is 49.5 Å². The lowest BCUT2D eigenvalue weighted by Gasteiger charge is -2.26. The maximum Gasteiger partial charge on any atom is 0.109 e. The maximum atomic E-state index is 9.96. The van der Waals surface area contributed by atoms with Crippen molar-refractivity contribution in [3.8, 4) is 0 Å². The summed E-state index contributed by atoms with van der Waals surface area (Å²) >= 11 is 0. The fraction of sp³-hybridized carbons (Fsp3) is 0.458. The number of rotatable bonds is 27. The highest BCUT2D eigenvalue weighted by atomic mass is 16.3. The molecule has 440 valence electrons. The van der Waals surface area contributed by atoms with E-state index in [0.29, 0.717) is 30.0 Å². The molecule has 0 aromatic heterocycles. The molecule has 8 aromatic carbocycles. The van der Waals surface area contributed by atoms with Gasteiger partial charge in [-0.05, 0) is 114 Å². The summed E-state index contributed by atoms with van der Waals surface area (Å²) in [5.74, 6) is 1.36. The van der Waals surface area contributed by atoms with Crippen molar-refractivity contribution in [2.75, 3.05) is 79.0 Å². The smallest absolute Gasteiger partial charge is 0.109 e. The Morgan fingerprint density at radius 1 is 0.378 bits per heavy atom. The minimum Gasteiger partial charge on any atom is -0.394 e. The first-order valence-corrected chi connectivity index (χ1v) is 30.3. The summed E-state index contributed by atoms with van der Waals surface area (Å²) in [5.41, 5.74) is 13.9. The molecule has 10 nitrogen and oxygen atoms in total. The highest BCUT2D eigenvalue weighted by molar-refractivity contribution is 5.86. The second-order valence-corrected chi connectivity index (χ2v) is 24.1. The van der Waals surface area contributed by atoms with Gasteiger partial charge in [0, 0.05) is 58.9 Å². The largest absolute Gasteiger partial charge is 0.394 e. The fourth-order valence-electron chi connectivity index (χ4n) is 10.4. The molecule has 0 aliphatic heterocycles. The molecule has 0 spiro atoms. The van der Waals surface area contributed by atoms with Gasteiger partial charge in [0.15, 0.2) is 0 Å². The van der Waals surface area contributed by atoms with Crippen molar-refractivity contribution in [3.05, 3.63) is 201 Å². The van der Waals surface area contributed by atoms with Crippen LogP contribution in [-0.4, -0.2) is 94.9 Å². The Morgan fingerprint density at radius 2 is 0.671 bits per heavy atom. The molecule has 0 fully saturated rings. The summed E-state index contributed by atoms with van der Waals surface area (Å²) in [7, 11) is 8.51. The van der Waals surface area contributed by atoms with Crippen LogP contribution in [0.2, 0.25) is 0 Å². The standard InChI is InChI=1S/2C25H33N3O.C22H34N2/c2*1-18(2)27(4)24-23(26-22(17-29)16-20-12-8-6-9-13-20)25(24)28(5)19(3)21-14-10-7-11-15-21;1-7-20(13-19-11-9-8-10-12-19)23-21-18(6)22(21)24(14-16(2)3)15-17(4)5/h2*6-15,18-19,22,29H,16-17H2,1-5H3;8-12,16-17,20H,7,13-15H2,1-6H3/t19-,22+;19-,22-;20-/m101/s1. The van der Waals surface area contributed by atoms with E-state index >= 15 is 0 Å². The number of hydrogen-bond acceptors (Lipinski definition) is 10. The summed E-state index contributed by atoms with van der Waals surface area (Å²) in [6.45, 7) is 29.2. The average molecular weight is 1110 g/mol. The molecule has 0 saturated carbocycles. The molecule has 2 N–H and O–H groups in total. The van der Waals surface area contributed by atoms with Gasteiger partial charge in [0.05, 0.1) is 77.2 Å². The molecule has 0 unspecified atom stereocenters. The number of benzene rings is 5. The molecular weight excluding hydrogens is 1010 g/mol. The molecule has 8 rings (SSSR count). The molecule has 0 saturated heterocycles. The molecule has 8 aromatic rings. The van der Waals surface area contributed by atoms with Crippen molar-refractivity contribution < 1.29 is 10.2 Å². The van der Waals surface area contributed by atoms with Crippen molar-refractivity contribution in [2.24, 2.45) is 26.8 Å². The van der Waals surface area contributed by atoms with Crippen molar-refractivity contribution in [1.29, 1.82) is 0 Å². The van der Waals surface area contributed by atoms with E-state index in [2.05, 4.69) is 239 Å². The summed E-state index contributed by atoms with van der Waals surface area (Å²) < 4.78 is 0. The van der Waals surface area contributed by atoms with Crippen LogP contribution in [0.25, 0.3) is 0 Å². The normalized spacial score (nSPS) is 14.3.